The molecule has 0 aliphatic heterocycles. The fourth-order valence-electron chi connectivity index (χ4n) is 1.50. The van der Waals surface area contributed by atoms with Gasteiger partial charge in [0.15, 0.2) is 0 Å². The molecule has 0 heterocycles. The van der Waals surface area contributed by atoms with Crippen LogP contribution in [0.3, 0.4) is 0 Å². The zero-order valence-electron chi connectivity index (χ0n) is 9.74. The molecule has 0 unspecified atom stereocenters. The minimum Gasteiger partial charge on any atom is -0.456 e. The average molecular weight is 265 g/mol. The van der Waals surface area contributed by atoms with Crippen LogP contribution in [0.4, 0.5) is 0 Å². The lowest BCUT2D eigenvalue weighted by atomic mass is 10.2. The van der Waals surface area contributed by atoms with Gasteiger partial charge in [0.2, 0.25) is 0 Å². The monoisotopic (exact) mass is 264 g/mol. The second-order valence-corrected chi connectivity index (χ2v) is 5.00. The van der Waals surface area contributed by atoms with Gasteiger partial charge in [-0.2, -0.15) is 0 Å². The molecular weight excluding hydrogens is 252 g/mol. The molecule has 0 aliphatic rings. The molecule has 0 amide bonds. The predicted octanol–water partition coefficient (Wildman–Crippen LogP) is 5.16. The van der Waals surface area contributed by atoms with E-state index in [2.05, 4.69) is 0 Å². The Kier molecular flexibility index (Phi) is 3.97. The number of rotatable bonds is 3. The maximum atomic E-state index is 6.16. The topological polar surface area (TPSA) is 9.23 Å². The molecule has 0 aromatic heterocycles. The number of thioether (sulfide) groups is 1. The first-order valence-electron chi connectivity index (χ1n) is 5.27. The zero-order chi connectivity index (χ0) is 12.3. The third-order valence-corrected chi connectivity index (χ3v) is 3.38. The maximum absolute atomic E-state index is 6.16. The maximum Gasteiger partial charge on any atom is 0.146 e. The number of halogens is 1. The van der Waals surface area contributed by atoms with E-state index in [-0.39, 0.29) is 0 Å². The van der Waals surface area contributed by atoms with Gasteiger partial charge in [0.25, 0.3) is 0 Å². The van der Waals surface area contributed by atoms with Crippen LogP contribution in [0.1, 0.15) is 5.56 Å². The fourth-order valence-corrected chi connectivity index (χ4v) is 2.22. The van der Waals surface area contributed by atoms with Gasteiger partial charge in [-0.05, 0) is 49.1 Å². The highest BCUT2D eigenvalue weighted by Crippen LogP contribution is 2.32. The van der Waals surface area contributed by atoms with E-state index in [1.54, 1.807) is 11.8 Å². The van der Waals surface area contributed by atoms with E-state index in [1.165, 1.54) is 5.56 Å². The average Bonchev–Trinajstić information content (AvgIpc) is 2.32. The largest absolute Gasteiger partial charge is 0.456 e. The quantitative estimate of drug-likeness (QED) is 0.708. The summed E-state index contributed by atoms with van der Waals surface area (Å²) < 4.78 is 5.75. The van der Waals surface area contributed by atoms with Gasteiger partial charge >= 0.3 is 0 Å². The van der Waals surface area contributed by atoms with Crippen LogP contribution in [0, 0.1) is 6.92 Å². The zero-order valence-corrected chi connectivity index (χ0v) is 11.3. The van der Waals surface area contributed by atoms with Crippen LogP contribution < -0.4 is 4.74 Å². The van der Waals surface area contributed by atoms with Crippen LogP contribution in [-0.4, -0.2) is 6.26 Å². The lowest BCUT2D eigenvalue weighted by molar-refractivity contribution is 0.482. The van der Waals surface area contributed by atoms with Crippen LogP contribution in [0.25, 0.3) is 0 Å². The smallest absolute Gasteiger partial charge is 0.146 e. The van der Waals surface area contributed by atoms with Crippen molar-refractivity contribution < 1.29 is 4.74 Å². The molecule has 17 heavy (non-hydrogen) atoms. The second-order valence-electron chi connectivity index (χ2n) is 3.71. The molecule has 2 aromatic rings. The van der Waals surface area contributed by atoms with E-state index in [9.17, 15) is 0 Å². The van der Waals surface area contributed by atoms with E-state index in [1.807, 2.05) is 55.6 Å². The van der Waals surface area contributed by atoms with Gasteiger partial charge in [-0.15, -0.1) is 11.8 Å². The van der Waals surface area contributed by atoms with Gasteiger partial charge in [0.1, 0.15) is 11.5 Å². The molecule has 2 aromatic carbocycles. The normalized spacial score (nSPS) is 10.3. The van der Waals surface area contributed by atoms with Crippen molar-refractivity contribution in [2.75, 3.05) is 6.26 Å². The molecule has 0 N–H and O–H groups in total. The molecule has 0 bridgehead atoms. The summed E-state index contributed by atoms with van der Waals surface area (Å²) in [4.78, 5) is 1.13. The van der Waals surface area contributed by atoms with Crippen molar-refractivity contribution in [3.63, 3.8) is 0 Å². The summed E-state index contributed by atoms with van der Waals surface area (Å²) in [5, 5.41) is 0.637. The highest BCUT2D eigenvalue weighted by atomic mass is 35.5. The molecule has 1 nitrogen and oxygen atoms in total. The van der Waals surface area contributed by atoms with E-state index >= 15 is 0 Å². The Bertz CT molecular complexity index is 525. The van der Waals surface area contributed by atoms with Crippen molar-refractivity contribution >= 4 is 23.4 Å². The Morgan fingerprint density at radius 3 is 2.59 bits per heavy atom. The van der Waals surface area contributed by atoms with Crippen molar-refractivity contribution in [1.82, 2.24) is 0 Å². The molecular formula is C14H13ClOS. The molecule has 0 fully saturated rings. The number of hydrogen-bond acceptors (Lipinski definition) is 2. The minimum absolute atomic E-state index is 0.637. The summed E-state index contributed by atoms with van der Waals surface area (Å²) in [6.07, 6.45) is 2.02. The number of hydrogen-bond donors (Lipinski definition) is 0. The van der Waals surface area contributed by atoms with Gasteiger partial charge in [-0.3, -0.25) is 0 Å². The Hall–Kier alpha value is -1.12. The van der Waals surface area contributed by atoms with Crippen LogP contribution in [0.15, 0.2) is 47.4 Å². The molecule has 0 saturated heterocycles. The predicted molar refractivity (Wildman–Crippen MR) is 74.5 cm³/mol. The van der Waals surface area contributed by atoms with Crippen molar-refractivity contribution in [3.8, 4) is 11.5 Å². The number of aryl methyl sites for hydroxylation is 1. The third kappa shape index (κ3) is 3.18. The molecule has 0 atom stereocenters. The Balaban J connectivity index is 2.24. The summed E-state index contributed by atoms with van der Waals surface area (Å²) >= 11 is 7.82. The SMILES string of the molecule is CSc1ccc(Oc2cccc(C)c2)c(Cl)c1. The molecule has 88 valence electrons. The molecule has 0 radical (unpaired) electrons. The molecule has 3 heteroatoms. The van der Waals surface area contributed by atoms with E-state index in [0.717, 1.165) is 10.6 Å². The fraction of sp³-hybridized carbons (Fsp3) is 0.143. The summed E-state index contributed by atoms with van der Waals surface area (Å²) in [7, 11) is 0. The first kappa shape index (κ1) is 12.3. The summed E-state index contributed by atoms with van der Waals surface area (Å²) in [6.45, 7) is 2.03. The van der Waals surface area contributed by atoms with Crippen molar-refractivity contribution in [3.05, 3.63) is 53.1 Å². The first-order chi connectivity index (χ1) is 8.19. The molecule has 0 aliphatic carbocycles. The lowest BCUT2D eigenvalue weighted by Gasteiger charge is -2.09. The minimum atomic E-state index is 0.637. The van der Waals surface area contributed by atoms with Gasteiger partial charge in [0.05, 0.1) is 5.02 Å². The standard InChI is InChI=1S/C14H13ClOS/c1-10-4-3-5-11(8-10)16-14-7-6-12(17-2)9-13(14)15/h3-9H,1-2H3. The van der Waals surface area contributed by atoms with Crippen LogP contribution in [-0.2, 0) is 0 Å². The van der Waals surface area contributed by atoms with Gasteiger partial charge in [0, 0.05) is 4.90 Å². The highest BCUT2D eigenvalue weighted by molar-refractivity contribution is 7.98. The first-order valence-corrected chi connectivity index (χ1v) is 6.87. The third-order valence-electron chi connectivity index (χ3n) is 2.36. The van der Waals surface area contributed by atoms with Gasteiger partial charge in [-0.1, -0.05) is 23.7 Å². The molecule has 0 spiro atoms. The van der Waals surface area contributed by atoms with Crippen molar-refractivity contribution in [1.29, 1.82) is 0 Å². The Morgan fingerprint density at radius 2 is 1.94 bits per heavy atom. The Labute approximate surface area is 111 Å². The summed E-state index contributed by atoms with van der Waals surface area (Å²) in [5.41, 5.74) is 1.17. The lowest BCUT2D eigenvalue weighted by Crippen LogP contribution is -1.86. The Morgan fingerprint density at radius 1 is 1.12 bits per heavy atom. The second kappa shape index (κ2) is 5.48. The van der Waals surface area contributed by atoms with Gasteiger partial charge in [-0.25, -0.2) is 0 Å². The van der Waals surface area contributed by atoms with E-state index < -0.39 is 0 Å². The van der Waals surface area contributed by atoms with Crippen LogP contribution in [0.5, 0.6) is 11.5 Å². The van der Waals surface area contributed by atoms with Crippen molar-refractivity contribution in [2.45, 2.75) is 11.8 Å². The van der Waals surface area contributed by atoms with Gasteiger partial charge < -0.3 is 4.74 Å². The number of benzene rings is 2. The summed E-state index contributed by atoms with van der Waals surface area (Å²) in [5.74, 6) is 1.50. The van der Waals surface area contributed by atoms with Crippen LogP contribution >= 0.6 is 23.4 Å². The highest BCUT2D eigenvalue weighted by Gasteiger charge is 2.04. The van der Waals surface area contributed by atoms with Crippen LogP contribution in [0.2, 0.25) is 5.02 Å². The molecule has 2 rings (SSSR count). The van der Waals surface area contributed by atoms with E-state index in [4.69, 9.17) is 16.3 Å². The summed E-state index contributed by atoms with van der Waals surface area (Å²) in [6, 6.07) is 13.7. The molecule has 0 saturated carbocycles. The van der Waals surface area contributed by atoms with Crippen molar-refractivity contribution in [2.24, 2.45) is 0 Å². The number of ether oxygens (including phenoxy) is 1. The van der Waals surface area contributed by atoms with E-state index in [0.29, 0.717) is 10.8 Å².